The molecule has 0 atom stereocenters. The first kappa shape index (κ1) is 17.5. The highest BCUT2D eigenvalue weighted by molar-refractivity contribution is 5.94. The molecule has 1 rings (SSSR count). The van der Waals surface area contributed by atoms with E-state index < -0.39 is 0 Å². The average molecular weight is 292 g/mol. The molecule has 0 bridgehead atoms. The maximum atomic E-state index is 12.3. The highest BCUT2D eigenvalue weighted by Crippen LogP contribution is 2.24. The van der Waals surface area contributed by atoms with Crippen LogP contribution in [0, 0.1) is 5.41 Å². The molecule has 0 saturated carbocycles. The number of hydrogen-bond acceptors (Lipinski definition) is 3. The van der Waals surface area contributed by atoms with Crippen LogP contribution in [0.5, 0.6) is 5.75 Å². The summed E-state index contributed by atoms with van der Waals surface area (Å²) in [6.07, 6.45) is 2.00. The molecule has 0 saturated heterocycles. The zero-order valence-corrected chi connectivity index (χ0v) is 13.6. The molecule has 0 fully saturated rings. The molecule has 0 aliphatic rings. The number of rotatable bonds is 8. The van der Waals surface area contributed by atoms with Crippen LogP contribution in [-0.2, 0) is 0 Å². The second-order valence-corrected chi connectivity index (χ2v) is 5.79. The molecule has 0 aliphatic carbocycles. The van der Waals surface area contributed by atoms with Gasteiger partial charge in [0.1, 0.15) is 5.75 Å². The fourth-order valence-corrected chi connectivity index (χ4v) is 2.21. The molecule has 4 nitrogen and oxygen atoms in total. The summed E-state index contributed by atoms with van der Waals surface area (Å²) in [5.41, 5.74) is 6.47. The van der Waals surface area contributed by atoms with E-state index in [9.17, 15) is 4.79 Å². The fraction of sp³-hybridized carbons (Fsp3) is 0.588. The molecule has 0 unspecified atom stereocenters. The van der Waals surface area contributed by atoms with E-state index in [-0.39, 0.29) is 17.4 Å². The highest BCUT2D eigenvalue weighted by Gasteiger charge is 2.25. The van der Waals surface area contributed by atoms with Crippen LogP contribution in [-0.4, -0.2) is 25.1 Å². The second-order valence-electron chi connectivity index (χ2n) is 5.79. The maximum Gasteiger partial charge on any atom is 0.251 e. The highest BCUT2D eigenvalue weighted by atomic mass is 16.5. The predicted octanol–water partition coefficient (Wildman–Crippen LogP) is 2.97. The van der Waals surface area contributed by atoms with Crippen molar-refractivity contribution in [2.75, 3.05) is 13.1 Å². The van der Waals surface area contributed by atoms with Crippen molar-refractivity contribution in [2.24, 2.45) is 11.1 Å². The number of carbonyl (C=O) groups is 1. The van der Waals surface area contributed by atoms with Gasteiger partial charge in [0.25, 0.3) is 5.91 Å². The molecule has 0 heterocycles. The van der Waals surface area contributed by atoms with Crippen molar-refractivity contribution in [2.45, 2.75) is 46.6 Å². The van der Waals surface area contributed by atoms with Crippen LogP contribution in [0.2, 0.25) is 0 Å². The van der Waals surface area contributed by atoms with Crippen molar-refractivity contribution in [1.82, 2.24) is 5.32 Å². The average Bonchev–Trinajstić information content (AvgIpc) is 2.48. The third-order valence-electron chi connectivity index (χ3n) is 4.02. The van der Waals surface area contributed by atoms with E-state index in [0.29, 0.717) is 24.4 Å². The Morgan fingerprint density at radius 2 is 2.00 bits per heavy atom. The lowest BCUT2D eigenvalue weighted by molar-refractivity contribution is 0.0927. The smallest absolute Gasteiger partial charge is 0.251 e. The summed E-state index contributed by atoms with van der Waals surface area (Å²) in [4.78, 5) is 12.3. The first-order chi connectivity index (χ1) is 9.96. The minimum Gasteiger partial charge on any atom is -0.491 e. The van der Waals surface area contributed by atoms with Crippen LogP contribution in [0.15, 0.2) is 24.3 Å². The third-order valence-corrected chi connectivity index (χ3v) is 4.02. The topological polar surface area (TPSA) is 64.3 Å². The zero-order valence-electron chi connectivity index (χ0n) is 13.6. The minimum absolute atomic E-state index is 0.0122. The van der Waals surface area contributed by atoms with E-state index >= 15 is 0 Å². The number of carbonyl (C=O) groups excluding carboxylic acids is 1. The Morgan fingerprint density at radius 3 is 2.52 bits per heavy atom. The van der Waals surface area contributed by atoms with Gasteiger partial charge in [0, 0.05) is 12.1 Å². The molecular weight excluding hydrogens is 264 g/mol. The van der Waals surface area contributed by atoms with Gasteiger partial charge in [-0.1, -0.05) is 19.9 Å². The van der Waals surface area contributed by atoms with Gasteiger partial charge in [-0.2, -0.15) is 0 Å². The van der Waals surface area contributed by atoms with Gasteiger partial charge < -0.3 is 15.8 Å². The van der Waals surface area contributed by atoms with Crippen LogP contribution in [0.4, 0.5) is 0 Å². The molecule has 118 valence electrons. The quantitative estimate of drug-likeness (QED) is 0.774. The SMILES string of the molecule is CCC(CC)(CN)CNC(=O)c1cccc(OC(C)C)c1. The fourth-order valence-electron chi connectivity index (χ4n) is 2.21. The lowest BCUT2D eigenvalue weighted by Gasteiger charge is -2.30. The molecule has 1 amide bonds. The van der Waals surface area contributed by atoms with Gasteiger partial charge in [0.2, 0.25) is 0 Å². The Hall–Kier alpha value is -1.55. The van der Waals surface area contributed by atoms with E-state index in [1.54, 1.807) is 12.1 Å². The van der Waals surface area contributed by atoms with E-state index in [1.165, 1.54) is 0 Å². The monoisotopic (exact) mass is 292 g/mol. The number of ether oxygens (including phenoxy) is 1. The number of nitrogens with one attached hydrogen (secondary N) is 1. The first-order valence-corrected chi connectivity index (χ1v) is 7.71. The molecule has 21 heavy (non-hydrogen) atoms. The Balaban J connectivity index is 2.71. The summed E-state index contributed by atoms with van der Waals surface area (Å²) in [6, 6.07) is 7.27. The lowest BCUT2D eigenvalue weighted by atomic mass is 9.82. The first-order valence-electron chi connectivity index (χ1n) is 7.71. The summed E-state index contributed by atoms with van der Waals surface area (Å²) in [6.45, 7) is 9.33. The van der Waals surface area contributed by atoms with Gasteiger partial charge >= 0.3 is 0 Å². The largest absolute Gasteiger partial charge is 0.491 e. The van der Waals surface area contributed by atoms with Gasteiger partial charge in [-0.15, -0.1) is 0 Å². The van der Waals surface area contributed by atoms with Crippen molar-refractivity contribution in [3.05, 3.63) is 29.8 Å². The van der Waals surface area contributed by atoms with Crippen LogP contribution in [0.3, 0.4) is 0 Å². The summed E-state index contributed by atoms with van der Waals surface area (Å²) in [5.74, 6) is 0.637. The Labute approximate surface area is 128 Å². The summed E-state index contributed by atoms with van der Waals surface area (Å²) < 4.78 is 5.61. The molecule has 0 aromatic heterocycles. The predicted molar refractivity (Wildman–Crippen MR) is 86.6 cm³/mol. The van der Waals surface area contributed by atoms with Gasteiger partial charge in [0.15, 0.2) is 0 Å². The molecule has 1 aromatic rings. The van der Waals surface area contributed by atoms with E-state index in [4.69, 9.17) is 10.5 Å². The second kappa shape index (κ2) is 8.03. The standard InChI is InChI=1S/C17H28N2O2/c1-5-17(6-2,11-18)12-19-16(20)14-8-7-9-15(10-14)21-13(3)4/h7-10,13H,5-6,11-12,18H2,1-4H3,(H,19,20). The number of benzene rings is 1. The lowest BCUT2D eigenvalue weighted by Crippen LogP contribution is -2.41. The van der Waals surface area contributed by atoms with Gasteiger partial charge in [-0.3, -0.25) is 4.79 Å². The van der Waals surface area contributed by atoms with Crippen LogP contribution >= 0.6 is 0 Å². The number of amides is 1. The summed E-state index contributed by atoms with van der Waals surface area (Å²) in [5, 5.41) is 3.00. The van der Waals surface area contributed by atoms with Crippen molar-refractivity contribution >= 4 is 5.91 Å². The van der Waals surface area contributed by atoms with E-state index in [1.807, 2.05) is 26.0 Å². The minimum atomic E-state index is -0.0797. The van der Waals surface area contributed by atoms with Gasteiger partial charge in [-0.25, -0.2) is 0 Å². The molecule has 3 N–H and O–H groups in total. The molecule has 0 radical (unpaired) electrons. The number of nitrogens with two attached hydrogens (primary N) is 1. The Morgan fingerprint density at radius 1 is 1.33 bits per heavy atom. The van der Waals surface area contributed by atoms with Crippen molar-refractivity contribution in [3.8, 4) is 5.75 Å². The van der Waals surface area contributed by atoms with Crippen molar-refractivity contribution < 1.29 is 9.53 Å². The molecule has 4 heteroatoms. The van der Waals surface area contributed by atoms with Gasteiger partial charge in [0.05, 0.1) is 6.10 Å². The van der Waals surface area contributed by atoms with Gasteiger partial charge in [-0.05, 0) is 56.8 Å². The van der Waals surface area contributed by atoms with Crippen molar-refractivity contribution in [1.29, 1.82) is 0 Å². The van der Waals surface area contributed by atoms with Crippen molar-refractivity contribution in [3.63, 3.8) is 0 Å². The Kier molecular flexibility index (Phi) is 6.69. The summed E-state index contributed by atoms with van der Waals surface area (Å²) in [7, 11) is 0. The zero-order chi connectivity index (χ0) is 15.9. The Bertz CT molecular complexity index is 446. The maximum absolute atomic E-state index is 12.3. The van der Waals surface area contributed by atoms with Crippen LogP contribution < -0.4 is 15.8 Å². The molecule has 0 aliphatic heterocycles. The normalized spacial score (nSPS) is 11.5. The summed E-state index contributed by atoms with van der Waals surface area (Å²) >= 11 is 0. The third kappa shape index (κ3) is 5.05. The van der Waals surface area contributed by atoms with E-state index in [0.717, 1.165) is 12.8 Å². The van der Waals surface area contributed by atoms with Crippen LogP contribution in [0.25, 0.3) is 0 Å². The van der Waals surface area contributed by atoms with E-state index in [2.05, 4.69) is 19.2 Å². The molecule has 1 aromatic carbocycles. The molecule has 0 spiro atoms. The number of hydrogen-bond donors (Lipinski definition) is 2. The van der Waals surface area contributed by atoms with Crippen LogP contribution in [0.1, 0.15) is 50.9 Å². The molecular formula is C17H28N2O2.